The van der Waals surface area contributed by atoms with Gasteiger partial charge in [-0.2, -0.15) is 0 Å². The molecule has 9 heteroatoms. The lowest BCUT2D eigenvalue weighted by Gasteiger charge is -2.33. The summed E-state index contributed by atoms with van der Waals surface area (Å²) in [5, 5.41) is 18.3. The van der Waals surface area contributed by atoms with Gasteiger partial charge in [0.2, 0.25) is 17.7 Å². The Morgan fingerprint density at radius 1 is 0.891 bits per heavy atom. The van der Waals surface area contributed by atoms with Gasteiger partial charge in [-0.1, -0.05) is 107 Å². The average molecular weight is 627 g/mol. The number of likely N-dealkylation sites (tertiary alicyclic amines) is 1. The molecular formula is C37H46N4O5. The van der Waals surface area contributed by atoms with E-state index in [1.807, 2.05) is 66.7 Å². The summed E-state index contributed by atoms with van der Waals surface area (Å²) in [4.78, 5) is 55.6. The molecular weight excluding hydrogens is 580 g/mol. The highest BCUT2D eigenvalue weighted by molar-refractivity contribution is 6.01. The van der Waals surface area contributed by atoms with Gasteiger partial charge in [0.15, 0.2) is 6.10 Å². The Balaban J connectivity index is 1.43. The van der Waals surface area contributed by atoms with Crippen molar-refractivity contribution in [2.24, 2.45) is 17.6 Å². The molecule has 1 aliphatic heterocycles. The van der Waals surface area contributed by atoms with Crippen molar-refractivity contribution in [2.45, 2.75) is 88.9 Å². The molecule has 0 bridgehead atoms. The van der Waals surface area contributed by atoms with Crippen LogP contribution >= 0.6 is 0 Å². The smallest absolute Gasteiger partial charge is 0.251 e. The molecule has 5 rings (SSSR count). The molecule has 0 radical (unpaired) electrons. The average Bonchev–Trinajstić information content (AvgIpc) is 3.52. The number of hydrogen-bond acceptors (Lipinski definition) is 5. The third kappa shape index (κ3) is 7.76. The fraction of sp³-hybridized carbons (Fsp3) is 0.459. The lowest BCUT2D eigenvalue weighted by molar-refractivity contribution is -0.141. The van der Waals surface area contributed by atoms with E-state index >= 15 is 0 Å². The number of nitrogens with two attached hydrogens (primary N) is 1. The molecule has 2 aliphatic rings. The zero-order valence-corrected chi connectivity index (χ0v) is 26.7. The fourth-order valence-corrected chi connectivity index (χ4v) is 7.09. The molecule has 3 aromatic carbocycles. The molecule has 1 heterocycles. The Bertz CT molecular complexity index is 1540. The predicted octanol–water partition coefficient (Wildman–Crippen LogP) is 4.28. The molecule has 46 heavy (non-hydrogen) atoms. The number of benzene rings is 3. The summed E-state index contributed by atoms with van der Waals surface area (Å²) in [6, 6.07) is 20.5. The Morgan fingerprint density at radius 3 is 2.24 bits per heavy atom. The van der Waals surface area contributed by atoms with Gasteiger partial charge in [0.05, 0.1) is 6.04 Å². The number of aliphatic hydroxyl groups excluding tert-OH is 1. The maximum absolute atomic E-state index is 14.6. The van der Waals surface area contributed by atoms with Crippen LogP contribution in [0.1, 0.15) is 80.6 Å². The lowest BCUT2D eigenvalue weighted by atomic mass is 9.84. The summed E-state index contributed by atoms with van der Waals surface area (Å²) in [7, 11) is 0. The highest BCUT2D eigenvalue weighted by atomic mass is 16.3. The molecule has 1 aliphatic carbocycles. The van der Waals surface area contributed by atoms with Crippen LogP contribution < -0.4 is 16.4 Å². The van der Waals surface area contributed by atoms with Crippen molar-refractivity contribution >= 4 is 34.4 Å². The third-order valence-electron chi connectivity index (χ3n) is 9.73. The molecule has 1 saturated heterocycles. The Labute approximate surface area is 270 Å². The summed E-state index contributed by atoms with van der Waals surface area (Å²) in [5.41, 5.74) is 6.87. The van der Waals surface area contributed by atoms with E-state index in [0.29, 0.717) is 24.9 Å². The van der Waals surface area contributed by atoms with Crippen LogP contribution in [0.4, 0.5) is 0 Å². The number of carbonyl (C=O) groups is 4. The summed E-state index contributed by atoms with van der Waals surface area (Å²) in [5.74, 6) is -2.12. The number of carbonyl (C=O) groups excluding carboxylic acids is 4. The second kappa shape index (κ2) is 14.9. The van der Waals surface area contributed by atoms with Crippen molar-refractivity contribution in [1.82, 2.24) is 15.5 Å². The number of amides is 4. The first-order valence-electron chi connectivity index (χ1n) is 16.5. The van der Waals surface area contributed by atoms with Gasteiger partial charge in [0.1, 0.15) is 12.1 Å². The minimum atomic E-state index is -1.57. The first-order valence-corrected chi connectivity index (χ1v) is 16.5. The molecule has 3 aromatic rings. The van der Waals surface area contributed by atoms with Crippen LogP contribution in [0.15, 0.2) is 72.8 Å². The standard InChI is InChI=1S/C37H46N4O5/c1-23(2)32(33(42)34(38)43)40-36(45)31-21-29(25-13-7-4-8-14-25)22-41(31)37(46)30(19-24-11-5-3-6-12-24)39-35(44)28-18-17-26-15-9-10-16-27(26)20-28/h4,7-10,13-18,20,23-24,29-33,42H,3,5-6,11-12,19,21-22H2,1-2H3,(H2,38,43)(H,39,44)(H,40,45)/t29-,30?,31-,32?,33?/m0/s1. The quantitative estimate of drug-likeness (QED) is 0.251. The van der Waals surface area contributed by atoms with E-state index < -0.39 is 36.0 Å². The van der Waals surface area contributed by atoms with E-state index in [1.54, 1.807) is 24.8 Å². The van der Waals surface area contributed by atoms with Crippen LogP contribution in [0.3, 0.4) is 0 Å². The van der Waals surface area contributed by atoms with Crippen molar-refractivity contribution < 1.29 is 24.3 Å². The minimum absolute atomic E-state index is 0.106. The summed E-state index contributed by atoms with van der Waals surface area (Å²) >= 11 is 0. The molecule has 0 spiro atoms. The van der Waals surface area contributed by atoms with Crippen LogP contribution in [0, 0.1) is 11.8 Å². The van der Waals surface area contributed by atoms with Crippen LogP contribution in [0.25, 0.3) is 10.8 Å². The molecule has 5 N–H and O–H groups in total. The topological polar surface area (TPSA) is 142 Å². The van der Waals surface area contributed by atoms with E-state index in [4.69, 9.17) is 5.73 Å². The number of rotatable bonds is 11. The zero-order valence-electron chi connectivity index (χ0n) is 26.7. The van der Waals surface area contributed by atoms with Gasteiger partial charge >= 0.3 is 0 Å². The Kier molecular flexibility index (Phi) is 10.7. The molecule has 2 fully saturated rings. The number of aliphatic hydroxyl groups is 1. The maximum atomic E-state index is 14.6. The van der Waals surface area contributed by atoms with Crippen LogP contribution in [0.5, 0.6) is 0 Å². The number of fused-ring (bicyclic) bond motifs is 1. The van der Waals surface area contributed by atoms with E-state index in [1.165, 1.54) is 6.42 Å². The lowest BCUT2D eigenvalue weighted by Crippen LogP contribution is -2.58. The molecule has 4 amide bonds. The van der Waals surface area contributed by atoms with Gasteiger partial charge in [-0.15, -0.1) is 0 Å². The van der Waals surface area contributed by atoms with E-state index in [9.17, 15) is 24.3 Å². The molecule has 3 unspecified atom stereocenters. The second-order valence-corrected chi connectivity index (χ2v) is 13.3. The van der Waals surface area contributed by atoms with Gasteiger partial charge < -0.3 is 26.4 Å². The monoisotopic (exact) mass is 626 g/mol. The maximum Gasteiger partial charge on any atom is 0.251 e. The van der Waals surface area contributed by atoms with Crippen molar-refractivity contribution in [3.8, 4) is 0 Å². The zero-order chi connectivity index (χ0) is 32.8. The van der Waals surface area contributed by atoms with Crippen LogP contribution in [-0.2, 0) is 14.4 Å². The summed E-state index contributed by atoms with van der Waals surface area (Å²) in [6.45, 7) is 3.87. The van der Waals surface area contributed by atoms with E-state index in [2.05, 4.69) is 10.6 Å². The van der Waals surface area contributed by atoms with Crippen LogP contribution in [-0.4, -0.2) is 64.4 Å². The summed E-state index contributed by atoms with van der Waals surface area (Å²) in [6.07, 6.45) is 4.63. The first-order chi connectivity index (χ1) is 22.1. The number of nitrogens with zero attached hydrogens (tertiary/aromatic N) is 1. The third-order valence-corrected chi connectivity index (χ3v) is 9.73. The van der Waals surface area contributed by atoms with E-state index in [-0.39, 0.29) is 29.6 Å². The molecule has 0 aromatic heterocycles. The number of nitrogens with one attached hydrogen (secondary N) is 2. The fourth-order valence-electron chi connectivity index (χ4n) is 7.09. The van der Waals surface area contributed by atoms with E-state index in [0.717, 1.165) is 42.0 Å². The SMILES string of the molecule is CC(C)C(NC(=O)[C@@H]1C[C@H](c2ccccc2)CN1C(=O)C(CC1CCCCC1)NC(=O)c1ccc2ccccc2c1)C(O)C(N)=O. The van der Waals surface area contributed by atoms with Crippen molar-refractivity contribution in [2.75, 3.05) is 6.54 Å². The van der Waals surface area contributed by atoms with Gasteiger partial charge in [0, 0.05) is 18.0 Å². The predicted molar refractivity (Wildman–Crippen MR) is 178 cm³/mol. The van der Waals surface area contributed by atoms with Crippen molar-refractivity contribution in [1.29, 1.82) is 0 Å². The van der Waals surface area contributed by atoms with Gasteiger partial charge in [-0.25, -0.2) is 0 Å². The van der Waals surface area contributed by atoms with Gasteiger partial charge in [-0.3, -0.25) is 19.2 Å². The Morgan fingerprint density at radius 2 is 1.57 bits per heavy atom. The Hall–Kier alpha value is -4.24. The molecule has 1 saturated carbocycles. The number of hydrogen-bond donors (Lipinski definition) is 4. The second-order valence-electron chi connectivity index (χ2n) is 13.3. The molecule has 244 valence electrons. The van der Waals surface area contributed by atoms with Crippen molar-refractivity contribution in [3.05, 3.63) is 83.9 Å². The van der Waals surface area contributed by atoms with Crippen molar-refractivity contribution in [3.63, 3.8) is 0 Å². The van der Waals surface area contributed by atoms with Gasteiger partial charge in [0.25, 0.3) is 5.91 Å². The van der Waals surface area contributed by atoms with Gasteiger partial charge in [-0.05, 0) is 53.1 Å². The molecule has 5 atom stereocenters. The highest BCUT2D eigenvalue weighted by Gasteiger charge is 2.44. The summed E-state index contributed by atoms with van der Waals surface area (Å²) < 4.78 is 0. The minimum Gasteiger partial charge on any atom is -0.381 e. The molecule has 9 nitrogen and oxygen atoms in total. The first kappa shape index (κ1) is 33.1. The highest BCUT2D eigenvalue weighted by Crippen LogP contribution is 2.34. The number of primary amides is 1. The normalized spacial score (nSPS) is 20.7. The largest absolute Gasteiger partial charge is 0.381 e. The van der Waals surface area contributed by atoms with Crippen LogP contribution in [0.2, 0.25) is 0 Å².